The van der Waals surface area contributed by atoms with Crippen molar-refractivity contribution in [1.29, 1.82) is 0 Å². The van der Waals surface area contributed by atoms with Crippen molar-refractivity contribution in [3.05, 3.63) is 42.0 Å². The fraction of sp³-hybridized carbons (Fsp3) is 0.200. The molecule has 2 rings (SSSR count). The Labute approximate surface area is 116 Å². The maximum Gasteiger partial charge on any atom is 0.337 e. The molecule has 4 N–H and O–H groups in total. The third-order valence-corrected chi connectivity index (χ3v) is 2.95. The molecule has 0 spiro atoms. The second kappa shape index (κ2) is 4.94. The van der Waals surface area contributed by atoms with E-state index in [1.165, 1.54) is 6.07 Å². The summed E-state index contributed by atoms with van der Waals surface area (Å²) in [6.07, 6.45) is 0. The van der Waals surface area contributed by atoms with Crippen molar-refractivity contribution in [3.63, 3.8) is 0 Å². The predicted octanol–water partition coefficient (Wildman–Crippen LogP) is 2.21. The number of hydrogen-bond acceptors (Lipinski definition) is 3. The van der Waals surface area contributed by atoms with Gasteiger partial charge in [0.05, 0.1) is 16.8 Å². The Kier molecular flexibility index (Phi) is 3.46. The first-order chi connectivity index (χ1) is 9.29. The zero-order valence-electron chi connectivity index (χ0n) is 11.3. The lowest BCUT2D eigenvalue weighted by atomic mass is 10.0. The van der Waals surface area contributed by atoms with Crippen LogP contribution in [-0.2, 0) is 4.79 Å². The lowest BCUT2D eigenvalue weighted by Crippen LogP contribution is -2.45. The summed E-state index contributed by atoms with van der Waals surface area (Å²) in [6.45, 7) is 3.12. The first-order valence-electron chi connectivity index (χ1n) is 6.15. The van der Waals surface area contributed by atoms with Crippen molar-refractivity contribution in [2.45, 2.75) is 19.4 Å². The number of nitrogens with one attached hydrogen (secondary N) is 1. The molecular weight excluding hydrogens is 256 g/mol. The van der Waals surface area contributed by atoms with Crippen LogP contribution in [-0.4, -0.2) is 22.5 Å². The van der Waals surface area contributed by atoms with E-state index < -0.39 is 17.4 Å². The van der Waals surface area contributed by atoms with Gasteiger partial charge < -0.3 is 16.2 Å². The van der Waals surface area contributed by atoms with E-state index in [1.54, 1.807) is 19.9 Å². The Hall–Kier alpha value is -2.40. The zero-order chi connectivity index (χ0) is 14.9. The molecule has 5 nitrogen and oxygen atoms in total. The van der Waals surface area contributed by atoms with Gasteiger partial charge in [-0.1, -0.05) is 24.3 Å². The van der Waals surface area contributed by atoms with E-state index in [2.05, 4.69) is 5.32 Å². The van der Waals surface area contributed by atoms with E-state index in [0.29, 0.717) is 0 Å². The fourth-order valence-corrected chi connectivity index (χ4v) is 1.80. The number of benzene rings is 2. The summed E-state index contributed by atoms with van der Waals surface area (Å²) in [7, 11) is 0. The number of hydrogen-bond donors (Lipinski definition) is 3. The minimum absolute atomic E-state index is 0.0429. The molecule has 0 bridgehead atoms. The monoisotopic (exact) mass is 272 g/mol. The van der Waals surface area contributed by atoms with E-state index in [9.17, 15) is 14.7 Å². The minimum atomic E-state index is -1.10. The average molecular weight is 272 g/mol. The van der Waals surface area contributed by atoms with Gasteiger partial charge in [0.25, 0.3) is 0 Å². The highest BCUT2D eigenvalue weighted by molar-refractivity contribution is 6.06. The predicted molar refractivity (Wildman–Crippen MR) is 77.8 cm³/mol. The molecule has 0 saturated carbocycles. The molecule has 0 aliphatic rings. The van der Waals surface area contributed by atoms with Crippen LogP contribution in [0.1, 0.15) is 24.2 Å². The highest BCUT2D eigenvalue weighted by Crippen LogP contribution is 2.24. The van der Waals surface area contributed by atoms with Gasteiger partial charge in [-0.3, -0.25) is 4.79 Å². The first kappa shape index (κ1) is 14.0. The van der Waals surface area contributed by atoms with Crippen LogP contribution in [0.5, 0.6) is 0 Å². The molecule has 0 aliphatic carbocycles. The number of carboxylic acids is 1. The molecule has 0 atom stereocenters. The van der Waals surface area contributed by atoms with Crippen LogP contribution in [0, 0.1) is 0 Å². The van der Waals surface area contributed by atoms with Crippen molar-refractivity contribution in [2.75, 3.05) is 5.32 Å². The van der Waals surface area contributed by atoms with Gasteiger partial charge in [-0.15, -0.1) is 0 Å². The van der Waals surface area contributed by atoms with Gasteiger partial charge in [0.1, 0.15) is 0 Å². The van der Waals surface area contributed by atoms with Crippen LogP contribution in [0.3, 0.4) is 0 Å². The standard InChI is InChI=1S/C15H16N2O3/c1-15(2,16)14(20)17-12-8-10-6-4-3-5-9(10)7-11(12)13(18)19/h3-8H,16H2,1-2H3,(H,17,20)(H,18,19). The van der Waals surface area contributed by atoms with Crippen LogP contribution in [0.25, 0.3) is 10.8 Å². The molecule has 2 aromatic rings. The van der Waals surface area contributed by atoms with Crippen LogP contribution in [0.2, 0.25) is 0 Å². The van der Waals surface area contributed by atoms with Crippen LogP contribution >= 0.6 is 0 Å². The zero-order valence-corrected chi connectivity index (χ0v) is 11.3. The van der Waals surface area contributed by atoms with E-state index >= 15 is 0 Å². The van der Waals surface area contributed by atoms with Gasteiger partial charge in [0.2, 0.25) is 5.91 Å². The van der Waals surface area contributed by atoms with Gasteiger partial charge in [-0.25, -0.2) is 4.79 Å². The Bertz CT molecular complexity index is 687. The molecule has 5 heteroatoms. The Morgan fingerprint density at radius 2 is 1.70 bits per heavy atom. The summed E-state index contributed by atoms with van der Waals surface area (Å²) >= 11 is 0. The molecule has 20 heavy (non-hydrogen) atoms. The highest BCUT2D eigenvalue weighted by Gasteiger charge is 2.23. The summed E-state index contributed by atoms with van der Waals surface area (Å²) in [6, 6.07) is 10.5. The van der Waals surface area contributed by atoms with Gasteiger partial charge >= 0.3 is 5.97 Å². The molecule has 0 aliphatic heterocycles. The van der Waals surface area contributed by atoms with Crippen molar-refractivity contribution in [3.8, 4) is 0 Å². The number of amides is 1. The molecule has 0 saturated heterocycles. The molecular formula is C15H16N2O3. The van der Waals surface area contributed by atoms with E-state index in [0.717, 1.165) is 10.8 Å². The summed E-state index contributed by atoms with van der Waals surface area (Å²) in [5.41, 5.74) is 4.92. The normalized spacial score (nSPS) is 11.3. The summed E-state index contributed by atoms with van der Waals surface area (Å²) in [4.78, 5) is 23.2. The first-order valence-corrected chi connectivity index (χ1v) is 6.15. The SMILES string of the molecule is CC(C)(N)C(=O)Nc1cc2ccccc2cc1C(=O)O. The van der Waals surface area contributed by atoms with Crippen molar-refractivity contribution >= 4 is 28.3 Å². The number of fused-ring (bicyclic) bond motifs is 1. The molecule has 2 aromatic carbocycles. The Morgan fingerprint density at radius 1 is 1.15 bits per heavy atom. The van der Waals surface area contributed by atoms with Gasteiger partial charge in [-0.2, -0.15) is 0 Å². The van der Waals surface area contributed by atoms with Crippen molar-refractivity contribution in [1.82, 2.24) is 0 Å². The molecule has 0 unspecified atom stereocenters. The van der Waals surface area contributed by atoms with E-state index in [1.807, 2.05) is 24.3 Å². The van der Waals surface area contributed by atoms with Crippen molar-refractivity contribution in [2.24, 2.45) is 5.73 Å². The summed E-state index contributed by atoms with van der Waals surface area (Å²) in [5, 5.41) is 13.5. The molecule has 104 valence electrons. The van der Waals surface area contributed by atoms with Crippen LogP contribution in [0.15, 0.2) is 36.4 Å². The maximum absolute atomic E-state index is 11.9. The number of carboxylic acid groups (broad SMARTS) is 1. The number of nitrogens with two attached hydrogens (primary N) is 1. The highest BCUT2D eigenvalue weighted by atomic mass is 16.4. The quantitative estimate of drug-likeness (QED) is 0.798. The Morgan fingerprint density at radius 3 is 2.20 bits per heavy atom. The lowest BCUT2D eigenvalue weighted by Gasteiger charge is -2.19. The summed E-state index contributed by atoms with van der Waals surface area (Å²) in [5.74, 6) is -1.53. The lowest BCUT2D eigenvalue weighted by molar-refractivity contribution is -0.120. The largest absolute Gasteiger partial charge is 0.478 e. The topological polar surface area (TPSA) is 92.4 Å². The molecule has 0 heterocycles. The summed E-state index contributed by atoms with van der Waals surface area (Å²) < 4.78 is 0. The number of aromatic carboxylic acids is 1. The van der Waals surface area contributed by atoms with E-state index in [4.69, 9.17) is 5.73 Å². The van der Waals surface area contributed by atoms with Crippen LogP contribution < -0.4 is 11.1 Å². The average Bonchev–Trinajstić information content (AvgIpc) is 2.36. The number of anilines is 1. The minimum Gasteiger partial charge on any atom is -0.478 e. The third kappa shape index (κ3) is 2.78. The number of carbonyl (C=O) groups is 2. The molecule has 0 fully saturated rings. The van der Waals surface area contributed by atoms with Gasteiger partial charge in [0.15, 0.2) is 0 Å². The molecule has 0 radical (unpaired) electrons. The number of rotatable bonds is 3. The molecule has 0 aromatic heterocycles. The number of carbonyl (C=O) groups excluding carboxylic acids is 1. The Balaban J connectivity index is 2.53. The fourth-order valence-electron chi connectivity index (χ4n) is 1.80. The van der Waals surface area contributed by atoms with E-state index in [-0.39, 0.29) is 11.3 Å². The van der Waals surface area contributed by atoms with Crippen LogP contribution in [0.4, 0.5) is 5.69 Å². The smallest absolute Gasteiger partial charge is 0.337 e. The molecule has 1 amide bonds. The maximum atomic E-state index is 11.9. The second-order valence-corrected chi connectivity index (χ2v) is 5.23. The van der Waals surface area contributed by atoms with Gasteiger partial charge in [0, 0.05) is 0 Å². The van der Waals surface area contributed by atoms with Crippen molar-refractivity contribution < 1.29 is 14.7 Å². The second-order valence-electron chi connectivity index (χ2n) is 5.23. The third-order valence-electron chi connectivity index (χ3n) is 2.95. The van der Waals surface area contributed by atoms with Gasteiger partial charge in [-0.05, 0) is 36.8 Å².